The molecule has 1 atom stereocenters. The molecule has 1 aliphatic heterocycles. The number of nitrogens with zero attached hydrogens (tertiary/aromatic N) is 5. The first kappa shape index (κ1) is 18.3. The third kappa shape index (κ3) is 3.73. The monoisotopic (exact) mass is 344 g/mol. The van der Waals surface area contributed by atoms with Crippen LogP contribution in [0.5, 0.6) is 0 Å². The summed E-state index contributed by atoms with van der Waals surface area (Å²) in [5, 5.41) is 7.27. The Morgan fingerprint density at radius 2 is 2.18 bits per heavy atom. The third-order valence-corrected chi connectivity index (χ3v) is 3.41. The summed E-state index contributed by atoms with van der Waals surface area (Å²) in [5.74, 6) is 0.670. The summed E-state index contributed by atoms with van der Waals surface area (Å²) >= 11 is 0. The fourth-order valence-electron chi connectivity index (χ4n) is 2.28. The van der Waals surface area contributed by atoms with Gasteiger partial charge in [0.1, 0.15) is 12.7 Å². The number of carbonyl (C=O) groups excluding carboxylic acids is 1. The van der Waals surface area contributed by atoms with Crippen LogP contribution in [0.3, 0.4) is 0 Å². The standard InChI is InChI=1S/C13H16N6O.2ClH/c1-10-6-14-4-5-18(10)13(20)11-2-3-12(16-7-11)19-9-15-8-17-19;;/h2-3,7-10,14H,4-6H2,1H3;2*1H/t10-;;/m0../s1. The summed E-state index contributed by atoms with van der Waals surface area (Å²) in [6.45, 7) is 4.43. The van der Waals surface area contributed by atoms with Gasteiger partial charge in [-0.3, -0.25) is 4.79 Å². The molecule has 2 aromatic heterocycles. The minimum atomic E-state index is 0. The van der Waals surface area contributed by atoms with Crippen molar-refractivity contribution < 1.29 is 4.79 Å². The lowest BCUT2D eigenvalue weighted by Crippen LogP contribution is -2.52. The zero-order valence-corrected chi connectivity index (χ0v) is 13.7. The molecule has 1 saturated heterocycles. The van der Waals surface area contributed by atoms with E-state index < -0.39 is 0 Å². The van der Waals surface area contributed by atoms with Crippen LogP contribution in [-0.2, 0) is 0 Å². The number of aromatic nitrogens is 4. The summed E-state index contributed by atoms with van der Waals surface area (Å²) < 4.78 is 1.56. The summed E-state index contributed by atoms with van der Waals surface area (Å²) in [4.78, 5) is 22.4. The van der Waals surface area contributed by atoms with Crippen LogP contribution in [0, 0.1) is 0 Å². The molecule has 1 aliphatic rings. The molecule has 1 N–H and O–H groups in total. The van der Waals surface area contributed by atoms with Crippen molar-refractivity contribution in [3.05, 3.63) is 36.5 Å². The molecule has 0 radical (unpaired) electrons. The van der Waals surface area contributed by atoms with Gasteiger partial charge in [-0.05, 0) is 19.1 Å². The molecule has 0 aromatic carbocycles. The first-order valence-electron chi connectivity index (χ1n) is 6.58. The Bertz CT molecular complexity index is 589. The average Bonchev–Trinajstić information content (AvgIpc) is 3.01. The molecule has 2 aromatic rings. The van der Waals surface area contributed by atoms with Crippen LogP contribution < -0.4 is 5.32 Å². The van der Waals surface area contributed by atoms with Gasteiger partial charge in [0.15, 0.2) is 5.82 Å². The van der Waals surface area contributed by atoms with Gasteiger partial charge in [-0.25, -0.2) is 14.6 Å². The molecule has 1 fully saturated rings. The maximum atomic E-state index is 12.4. The van der Waals surface area contributed by atoms with E-state index in [1.54, 1.807) is 29.3 Å². The smallest absolute Gasteiger partial charge is 0.255 e. The first-order chi connectivity index (χ1) is 9.75. The van der Waals surface area contributed by atoms with Crippen LogP contribution in [0.25, 0.3) is 5.82 Å². The second kappa shape index (κ2) is 8.07. The summed E-state index contributed by atoms with van der Waals surface area (Å²) in [6, 6.07) is 3.75. The molecule has 3 rings (SSSR count). The Balaban J connectivity index is 0.00000121. The number of piperazine rings is 1. The Labute approximate surface area is 140 Å². The molecule has 7 nitrogen and oxygen atoms in total. The van der Waals surface area contributed by atoms with E-state index in [2.05, 4.69) is 20.4 Å². The maximum absolute atomic E-state index is 12.4. The van der Waals surface area contributed by atoms with E-state index in [0.29, 0.717) is 11.4 Å². The van der Waals surface area contributed by atoms with Crippen LogP contribution in [-0.4, -0.2) is 56.2 Å². The van der Waals surface area contributed by atoms with E-state index in [0.717, 1.165) is 19.6 Å². The number of pyridine rings is 1. The second-order valence-corrected chi connectivity index (χ2v) is 4.80. The zero-order chi connectivity index (χ0) is 13.9. The number of hydrogen-bond donors (Lipinski definition) is 1. The van der Waals surface area contributed by atoms with Gasteiger partial charge in [0.05, 0.1) is 5.56 Å². The molecule has 22 heavy (non-hydrogen) atoms. The molecule has 9 heteroatoms. The lowest BCUT2D eigenvalue weighted by Gasteiger charge is -2.33. The normalized spacial score (nSPS) is 17.3. The van der Waals surface area contributed by atoms with E-state index in [4.69, 9.17) is 0 Å². The van der Waals surface area contributed by atoms with Crippen molar-refractivity contribution in [3.63, 3.8) is 0 Å². The van der Waals surface area contributed by atoms with Crippen LogP contribution >= 0.6 is 24.8 Å². The molecule has 0 bridgehead atoms. The Hall–Kier alpha value is -1.70. The fraction of sp³-hybridized carbons (Fsp3) is 0.385. The van der Waals surface area contributed by atoms with Gasteiger partial charge < -0.3 is 10.2 Å². The number of rotatable bonds is 2. The van der Waals surface area contributed by atoms with Crippen LogP contribution in [0.1, 0.15) is 17.3 Å². The fourth-order valence-corrected chi connectivity index (χ4v) is 2.28. The Kier molecular flexibility index (Phi) is 6.73. The summed E-state index contributed by atoms with van der Waals surface area (Å²) in [6.07, 6.45) is 4.61. The molecule has 3 heterocycles. The van der Waals surface area contributed by atoms with Crippen molar-refractivity contribution in [2.75, 3.05) is 19.6 Å². The average molecular weight is 345 g/mol. The van der Waals surface area contributed by atoms with E-state index >= 15 is 0 Å². The van der Waals surface area contributed by atoms with Gasteiger partial charge >= 0.3 is 0 Å². The Morgan fingerprint density at radius 1 is 1.36 bits per heavy atom. The number of nitrogens with one attached hydrogen (secondary N) is 1. The van der Waals surface area contributed by atoms with E-state index in [1.165, 1.54) is 6.33 Å². The lowest BCUT2D eigenvalue weighted by atomic mass is 10.1. The van der Waals surface area contributed by atoms with Crippen molar-refractivity contribution in [1.82, 2.24) is 30.0 Å². The van der Waals surface area contributed by atoms with Crippen molar-refractivity contribution in [1.29, 1.82) is 0 Å². The lowest BCUT2D eigenvalue weighted by molar-refractivity contribution is 0.0655. The first-order valence-corrected chi connectivity index (χ1v) is 6.58. The molecule has 0 spiro atoms. The highest BCUT2D eigenvalue weighted by Gasteiger charge is 2.24. The second-order valence-electron chi connectivity index (χ2n) is 4.80. The van der Waals surface area contributed by atoms with Gasteiger partial charge in [0.25, 0.3) is 5.91 Å². The largest absolute Gasteiger partial charge is 0.333 e. The van der Waals surface area contributed by atoms with E-state index in [9.17, 15) is 4.79 Å². The topological polar surface area (TPSA) is 75.9 Å². The quantitative estimate of drug-likeness (QED) is 0.877. The van der Waals surface area contributed by atoms with Crippen LogP contribution in [0.15, 0.2) is 31.0 Å². The number of amides is 1. The van der Waals surface area contributed by atoms with Gasteiger partial charge in [0, 0.05) is 31.9 Å². The summed E-state index contributed by atoms with van der Waals surface area (Å²) in [5.41, 5.74) is 0.600. The minimum Gasteiger partial charge on any atom is -0.333 e. The molecule has 0 aliphatic carbocycles. The van der Waals surface area contributed by atoms with Crippen LogP contribution in [0.4, 0.5) is 0 Å². The SMILES string of the molecule is C[C@H]1CNCCN1C(=O)c1ccc(-n2cncn2)nc1.Cl.Cl. The van der Waals surface area contributed by atoms with Crippen LogP contribution in [0.2, 0.25) is 0 Å². The van der Waals surface area contributed by atoms with Gasteiger partial charge in [-0.2, -0.15) is 5.10 Å². The van der Waals surface area contributed by atoms with Crippen molar-refractivity contribution >= 4 is 30.7 Å². The van der Waals surface area contributed by atoms with Gasteiger partial charge in [0.2, 0.25) is 0 Å². The van der Waals surface area contributed by atoms with Crippen molar-refractivity contribution in [3.8, 4) is 5.82 Å². The molecular formula is C13H18Cl2N6O. The predicted molar refractivity (Wildman–Crippen MR) is 87.0 cm³/mol. The maximum Gasteiger partial charge on any atom is 0.255 e. The predicted octanol–water partition coefficient (Wildman–Crippen LogP) is 0.940. The van der Waals surface area contributed by atoms with Gasteiger partial charge in [-0.15, -0.1) is 24.8 Å². The highest BCUT2D eigenvalue weighted by molar-refractivity contribution is 5.94. The molecule has 1 amide bonds. The van der Waals surface area contributed by atoms with E-state index in [1.807, 2.05) is 11.8 Å². The number of halogens is 2. The third-order valence-electron chi connectivity index (χ3n) is 3.41. The molecular weight excluding hydrogens is 327 g/mol. The zero-order valence-electron chi connectivity index (χ0n) is 12.0. The minimum absolute atomic E-state index is 0. The van der Waals surface area contributed by atoms with Crippen molar-refractivity contribution in [2.45, 2.75) is 13.0 Å². The highest BCUT2D eigenvalue weighted by atomic mass is 35.5. The molecule has 0 saturated carbocycles. The molecule has 120 valence electrons. The molecule has 0 unspecified atom stereocenters. The summed E-state index contributed by atoms with van der Waals surface area (Å²) in [7, 11) is 0. The Morgan fingerprint density at radius 3 is 2.77 bits per heavy atom. The van der Waals surface area contributed by atoms with E-state index in [-0.39, 0.29) is 36.8 Å². The van der Waals surface area contributed by atoms with Gasteiger partial charge in [-0.1, -0.05) is 0 Å². The number of hydrogen-bond acceptors (Lipinski definition) is 5. The highest BCUT2D eigenvalue weighted by Crippen LogP contribution is 2.11. The number of carbonyl (C=O) groups is 1. The van der Waals surface area contributed by atoms with Crippen molar-refractivity contribution in [2.24, 2.45) is 0 Å².